The summed E-state index contributed by atoms with van der Waals surface area (Å²) in [7, 11) is 0. The molecule has 4 heteroatoms. The molecule has 0 amide bonds. The maximum absolute atomic E-state index is 14.8. The zero-order valence-corrected chi connectivity index (χ0v) is 18.3. The lowest BCUT2D eigenvalue weighted by Crippen LogP contribution is -2.15. The molecule has 1 saturated carbocycles. The smallest absolute Gasteiger partial charge is 0.346 e. The van der Waals surface area contributed by atoms with Gasteiger partial charge in [0.05, 0.1) is 5.56 Å². The van der Waals surface area contributed by atoms with Gasteiger partial charge in [0.15, 0.2) is 0 Å². The van der Waals surface area contributed by atoms with Crippen LogP contribution in [0.4, 0.5) is 8.78 Å². The summed E-state index contributed by atoms with van der Waals surface area (Å²) >= 11 is 0. The van der Waals surface area contributed by atoms with E-state index >= 15 is 0 Å². The fourth-order valence-electron chi connectivity index (χ4n) is 4.68. The van der Waals surface area contributed by atoms with Crippen LogP contribution < -0.4 is 4.74 Å². The molecular formula is C28H28F2O2. The predicted molar refractivity (Wildman–Crippen MR) is 124 cm³/mol. The number of halogens is 2. The van der Waals surface area contributed by atoms with Crippen LogP contribution >= 0.6 is 0 Å². The molecule has 3 aromatic carbocycles. The second kappa shape index (κ2) is 10.1. The number of allylic oxidation sites excluding steroid dienone is 2. The number of esters is 1. The Bertz CT molecular complexity index is 1130. The SMILES string of the molecule is C/C=C/CCC1CCC(c2ccc(C(=O)Oc3ccc4c(F)cccc4c3)c(F)c2)CC1. The van der Waals surface area contributed by atoms with Crippen LogP contribution in [0.2, 0.25) is 0 Å². The Morgan fingerprint density at radius 2 is 1.81 bits per heavy atom. The maximum Gasteiger partial charge on any atom is 0.346 e. The van der Waals surface area contributed by atoms with Gasteiger partial charge in [0.1, 0.15) is 17.4 Å². The van der Waals surface area contributed by atoms with Crippen molar-refractivity contribution in [1.82, 2.24) is 0 Å². The molecule has 0 aromatic heterocycles. The van der Waals surface area contributed by atoms with Crippen LogP contribution in [0.1, 0.15) is 67.3 Å². The van der Waals surface area contributed by atoms with Gasteiger partial charge >= 0.3 is 5.97 Å². The van der Waals surface area contributed by atoms with Gasteiger partial charge in [-0.1, -0.05) is 30.4 Å². The van der Waals surface area contributed by atoms with E-state index in [0.29, 0.717) is 16.7 Å². The Kier molecular flexibility index (Phi) is 6.99. The van der Waals surface area contributed by atoms with Gasteiger partial charge in [0, 0.05) is 5.39 Å². The number of rotatable bonds is 6. The van der Waals surface area contributed by atoms with Crippen molar-refractivity contribution >= 4 is 16.7 Å². The van der Waals surface area contributed by atoms with Gasteiger partial charge in [0.2, 0.25) is 0 Å². The van der Waals surface area contributed by atoms with E-state index in [-0.39, 0.29) is 17.1 Å². The second-order valence-corrected chi connectivity index (χ2v) is 8.62. The molecule has 166 valence electrons. The Balaban J connectivity index is 1.40. The van der Waals surface area contributed by atoms with E-state index in [1.165, 1.54) is 30.7 Å². The summed E-state index contributed by atoms with van der Waals surface area (Å²) in [6.45, 7) is 2.05. The summed E-state index contributed by atoms with van der Waals surface area (Å²) in [5.74, 6) is -0.311. The van der Waals surface area contributed by atoms with Crippen LogP contribution in [0.15, 0.2) is 66.7 Å². The first kappa shape index (κ1) is 22.2. The molecule has 0 aliphatic heterocycles. The summed E-state index contributed by atoms with van der Waals surface area (Å²) in [5.41, 5.74) is 0.861. The Hall–Kier alpha value is -3.01. The van der Waals surface area contributed by atoms with E-state index in [2.05, 4.69) is 12.2 Å². The van der Waals surface area contributed by atoms with Gasteiger partial charge in [0.25, 0.3) is 0 Å². The quantitative estimate of drug-likeness (QED) is 0.223. The van der Waals surface area contributed by atoms with Gasteiger partial charge in [-0.15, -0.1) is 0 Å². The van der Waals surface area contributed by atoms with Gasteiger partial charge in [-0.2, -0.15) is 0 Å². The Morgan fingerprint density at radius 3 is 2.56 bits per heavy atom. The molecule has 0 bridgehead atoms. The molecule has 1 fully saturated rings. The van der Waals surface area contributed by atoms with Crippen molar-refractivity contribution in [2.24, 2.45) is 5.92 Å². The van der Waals surface area contributed by atoms with Gasteiger partial charge < -0.3 is 4.74 Å². The van der Waals surface area contributed by atoms with Crippen molar-refractivity contribution in [3.63, 3.8) is 0 Å². The molecule has 3 aromatic rings. The number of carbonyl (C=O) groups is 1. The lowest BCUT2D eigenvalue weighted by molar-refractivity contribution is 0.0730. The van der Waals surface area contributed by atoms with E-state index in [1.54, 1.807) is 24.3 Å². The highest BCUT2D eigenvalue weighted by Gasteiger charge is 2.24. The van der Waals surface area contributed by atoms with Crippen molar-refractivity contribution < 1.29 is 18.3 Å². The van der Waals surface area contributed by atoms with Crippen LogP contribution in [0.3, 0.4) is 0 Å². The molecule has 0 unspecified atom stereocenters. The van der Waals surface area contributed by atoms with E-state index < -0.39 is 11.8 Å². The monoisotopic (exact) mass is 434 g/mol. The highest BCUT2D eigenvalue weighted by atomic mass is 19.1. The van der Waals surface area contributed by atoms with Crippen molar-refractivity contribution in [2.75, 3.05) is 0 Å². The first-order chi connectivity index (χ1) is 15.5. The second-order valence-electron chi connectivity index (χ2n) is 8.62. The van der Waals surface area contributed by atoms with Crippen molar-refractivity contribution in [1.29, 1.82) is 0 Å². The molecular weight excluding hydrogens is 406 g/mol. The first-order valence-corrected chi connectivity index (χ1v) is 11.4. The van der Waals surface area contributed by atoms with E-state index in [9.17, 15) is 13.6 Å². The number of ether oxygens (including phenoxy) is 1. The minimum atomic E-state index is -0.752. The normalized spacial score (nSPS) is 18.8. The van der Waals surface area contributed by atoms with Crippen molar-refractivity contribution in [3.05, 3.63) is 89.5 Å². The zero-order valence-electron chi connectivity index (χ0n) is 18.3. The molecule has 4 rings (SSSR count). The van der Waals surface area contributed by atoms with Crippen LogP contribution in [0.25, 0.3) is 10.8 Å². The van der Waals surface area contributed by atoms with Crippen LogP contribution in [-0.4, -0.2) is 5.97 Å². The third kappa shape index (κ3) is 5.07. The summed E-state index contributed by atoms with van der Waals surface area (Å²) in [5, 5.41) is 1.06. The summed E-state index contributed by atoms with van der Waals surface area (Å²) in [6.07, 6.45) is 11.1. The molecule has 32 heavy (non-hydrogen) atoms. The molecule has 2 nitrogen and oxygen atoms in total. The molecule has 0 atom stereocenters. The molecule has 1 aliphatic rings. The highest BCUT2D eigenvalue weighted by Crippen LogP contribution is 2.38. The van der Waals surface area contributed by atoms with Gasteiger partial charge in [-0.25, -0.2) is 13.6 Å². The van der Waals surface area contributed by atoms with Crippen LogP contribution in [0.5, 0.6) is 5.75 Å². The number of benzene rings is 3. The third-order valence-corrected chi connectivity index (χ3v) is 6.52. The standard InChI is InChI=1S/C28H28F2O2/c1-2-3-4-6-19-9-11-20(12-10-19)21-13-15-25(27(30)18-21)28(31)32-23-14-16-24-22(17-23)7-5-8-26(24)29/h2-3,5,7-8,13-20H,4,6,9-12H2,1H3/b3-2+. The fourth-order valence-corrected chi connectivity index (χ4v) is 4.68. The lowest BCUT2D eigenvalue weighted by atomic mass is 9.77. The molecule has 1 aliphatic carbocycles. The van der Waals surface area contributed by atoms with Crippen molar-refractivity contribution in [2.45, 2.75) is 51.4 Å². The molecule has 0 heterocycles. The lowest BCUT2D eigenvalue weighted by Gasteiger charge is -2.28. The summed E-state index contributed by atoms with van der Waals surface area (Å²) in [6, 6.07) is 14.2. The zero-order chi connectivity index (χ0) is 22.5. The maximum atomic E-state index is 14.8. The van der Waals surface area contributed by atoms with E-state index in [0.717, 1.165) is 43.6 Å². The highest BCUT2D eigenvalue weighted by molar-refractivity contribution is 5.92. The third-order valence-electron chi connectivity index (χ3n) is 6.52. The van der Waals surface area contributed by atoms with E-state index in [4.69, 9.17) is 4.74 Å². The summed E-state index contributed by atoms with van der Waals surface area (Å²) in [4.78, 5) is 12.6. The topological polar surface area (TPSA) is 26.3 Å². The number of carbonyl (C=O) groups excluding carboxylic acids is 1. The molecule has 0 saturated heterocycles. The average molecular weight is 435 g/mol. The summed E-state index contributed by atoms with van der Waals surface area (Å²) < 4.78 is 34.0. The number of fused-ring (bicyclic) bond motifs is 1. The van der Waals surface area contributed by atoms with Gasteiger partial charge in [-0.05, 0) is 105 Å². The molecule has 0 spiro atoms. The predicted octanol–water partition coefficient (Wildman–Crippen LogP) is 7.97. The van der Waals surface area contributed by atoms with Gasteiger partial charge in [-0.3, -0.25) is 0 Å². The first-order valence-electron chi connectivity index (χ1n) is 11.4. The molecule has 0 N–H and O–H groups in total. The van der Waals surface area contributed by atoms with Crippen LogP contribution in [0, 0.1) is 17.6 Å². The Morgan fingerprint density at radius 1 is 1.00 bits per heavy atom. The fraction of sp³-hybridized carbons (Fsp3) is 0.321. The van der Waals surface area contributed by atoms with Crippen molar-refractivity contribution in [3.8, 4) is 5.75 Å². The Labute approximate surface area is 187 Å². The van der Waals surface area contributed by atoms with Crippen LogP contribution in [-0.2, 0) is 0 Å². The number of hydrogen-bond acceptors (Lipinski definition) is 2. The minimum absolute atomic E-state index is 0.0897. The largest absolute Gasteiger partial charge is 0.423 e. The molecule has 0 radical (unpaired) electrons. The van der Waals surface area contributed by atoms with E-state index in [1.807, 2.05) is 13.0 Å². The minimum Gasteiger partial charge on any atom is -0.423 e. The number of hydrogen-bond donors (Lipinski definition) is 0. The average Bonchev–Trinajstić information content (AvgIpc) is 2.79.